The van der Waals surface area contributed by atoms with Gasteiger partial charge in [-0.3, -0.25) is 0 Å². The molecule has 1 unspecified atom stereocenters. The minimum absolute atomic E-state index is 0.234. The number of fused-ring (bicyclic) bond motifs is 9. The summed E-state index contributed by atoms with van der Waals surface area (Å²) in [6, 6.07) is 1.84. The average Bonchev–Trinajstić information content (AvgIpc) is 3.55. The number of nitrogens with one attached hydrogen (secondary N) is 1. The van der Waals surface area contributed by atoms with Gasteiger partial charge in [-0.1, -0.05) is 45.1 Å². The van der Waals surface area contributed by atoms with E-state index in [1.165, 1.54) is 49.1 Å². The van der Waals surface area contributed by atoms with Crippen LogP contribution in [0.15, 0.2) is 24.5 Å². The third-order valence-electron chi connectivity index (χ3n) is 12.3. The molecule has 6 nitrogen and oxygen atoms in total. The van der Waals surface area contributed by atoms with Crippen LogP contribution in [0.5, 0.6) is 0 Å². The summed E-state index contributed by atoms with van der Waals surface area (Å²) >= 11 is 1.79. The van der Waals surface area contributed by atoms with E-state index in [0.29, 0.717) is 35.2 Å². The zero-order chi connectivity index (χ0) is 26.6. The quantitative estimate of drug-likeness (QED) is 0.427. The maximum Gasteiger partial charge on any atom is 0.228 e. The van der Waals surface area contributed by atoms with Crippen molar-refractivity contribution < 1.29 is 9.47 Å². The van der Waals surface area contributed by atoms with E-state index < -0.39 is 0 Å². The van der Waals surface area contributed by atoms with Crippen molar-refractivity contribution in [3.05, 3.63) is 35.1 Å². The Morgan fingerprint density at radius 3 is 2.69 bits per heavy atom. The molecule has 0 amide bonds. The van der Waals surface area contributed by atoms with Crippen molar-refractivity contribution in [2.45, 2.75) is 91.0 Å². The predicted molar refractivity (Wildman–Crippen MR) is 153 cm³/mol. The zero-order valence-electron chi connectivity index (χ0n) is 23.8. The van der Waals surface area contributed by atoms with Gasteiger partial charge in [0.1, 0.15) is 0 Å². The van der Waals surface area contributed by atoms with Crippen LogP contribution in [-0.4, -0.2) is 33.4 Å². The van der Waals surface area contributed by atoms with Gasteiger partial charge in [0.25, 0.3) is 0 Å². The molecule has 2 aromatic heterocycles. The molecule has 2 aliphatic heterocycles. The van der Waals surface area contributed by atoms with Gasteiger partial charge in [0.15, 0.2) is 10.9 Å². The van der Waals surface area contributed by atoms with Crippen LogP contribution in [0, 0.1) is 46.3 Å². The molecule has 4 aliphatic carbocycles. The van der Waals surface area contributed by atoms with Crippen molar-refractivity contribution in [3.8, 4) is 0 Å². The number of allylic oxidation sites excluding steroid dienone is 2. The SMILES string of the molecule is CC1[C@H]2[C@H](C[C@H]3[C@@H]4CC=C5c6sc(Nc7ncccn7)nc6CC[C@]5(C)[C@H]4CC[C@@]32C)O[C@]12CC[C@@H](C)CO2. The molecule has 2 saturated carbocycles. The molecular formula is C32H42N4O2S. The summed E-state index contributed by atoms with van der Waals surface area (Å²) in [6.07, 6.45) is 16.2. The lowest BCUT2D eigenvalue weighted by atomic mass is 9.47. The molecule has 4 heterocycles. The van der Waals surface area contributed by atoms with Crippen LogP contribution in [-0.2, 0) is 15.9 Å². The third kappa shape index (κ3) is 3.48. The summed E-state index contributed by atoms with van der Waals surface area (Å²) < 4.78 is 13.5. The van der Waals surface area contributed by atoms with Gasteiger partial charge in [-0.2, -0.15) is 0 Å². The molecule has 8 rings (SSSR count). The standard InChI is InChI=1S/C32H42N4O2S/c1-18-8-13-32(37-17-18)19(2)26-25(38-32)16-23-20-6-7-22-27-24(35-29(39-27)36-28-33-14-5-15-34-28)10-12-30(22,3)21(20)9-11-31(23,26)4/h5,7,14-15,18-21,23,25-26H,6,8-13,16-17H2,1-4H3,(H,33,34,35,36)/t18-,19?,20-,21+,23+,25+,26+,30-,31+,32-/m1/s1. The van der Waals surface area contributed by atoms with E-state index in [4.69, 9.17) is 14.5 Å². The predicted octanol–water partition coefficient (Wildman–Crippen LogP) is 7.26. The lowest BCUT2D eigenvalue weighted by Gasteiger charge is -2.57. The summed E-state index contributed by atoms with van der Waals surface area (Å²) in [4.78, 5) is 15.1. The van der Waals surface area contributed by atoms with E-state index in [-0.39, 0.29) is 11.2 Å². The van der Waals surface area contributed by atoms with Gasteiger partial charge < -0.3 is 14.8 Å². The first-order valence-corrected chi connectivity index (χ1v) is 16.2. The number of rotatable bonds is 2. The molecule has 7 heteroatoms. The fraction of sp³-hybridized carbons (Fsp3) is 0.719. The second kappa shape index (κ2) is 8.59. The monoisotopic (exact) mass is 546 g/mol. The molecule has 0 radical (unpaired) electrons. The van der Waals surface area contributed by atoms with E-state index in [1.807, 2.05) is 6.07 Å². The highest BCUT2D eigenvalue weighted by Crippen LogP contribution is 2.71. The molecular weight excluding hydrogens is 504 g/mol. The first-order chi connectivity index (χ1) is 18.8. The number of hydrogen-bond acceptors (Lipinski definition) is 7. The summed E-state index contributed by atoms with van der Waals surface area (Å²) in [7, 11) is 0. The first kappa shape index (κ1) is 24.9. The van der Waals surface area contributed by atoms with Gasteiger partial charge in [0.2, 0.25) is 5.95 Å². The molecule has 4 fully saturated rings. The number of hydrogen-bond donors (Lipinski definition) is 1. The molecule has 0 aromatic carbocycles. The number of ether oxygens (including phenoxy) is 2. The molecule has 39 heavy (non-hydrogen) atoms. The normalized spacial score (nSPS) is 46.1. The van der Waals surface area contributed by atoms with Crippen LogP contribution in [0.2, 0.25) is 0 Å². The van der Waals surface area contributed by atoms with Crippen molar-refractivity contribution >= 4 is 28.0 Å². The highest BCUT2D eigenvalue weighted by molar-refractivity contribution is 7.16. The Labute approximate surface area is 236 Å². The zero-order valence-corrected chi connectivity index (χ0v) is 24.6. The fourth-order valence-corrected chi connectivity index (χ4v) is 11.6. The van der Waals surface area contributed by atoms with Crippen LogP contribution >= 0.6 is 11.3 Å². The number of anilines is 2. The summed E-state index contributed by atoms with van der Waals surface area (Å²) in [5.41, 5.74) is 3.42. The van der Waals surface area contributed by atoms with E-state index in [2.05, 4.69) is 49.1 Å². The largest absolute Gasteiger partial charge is 0.349 e. The Morgan fingerprint density at radius 1 is 1.05 bits per heavy atom. The van der Waals surface area contributed by atoms with Crippen molar-refractivity contribution in [1.82, 2.24) is 15.0 Å². The first-order valence-electron chi connectivity index (χ1n) is 15.4. The third-order valence-corrected chi connectivity index (χ3v) is 13.4. The van der Waals surface area contributed by atoms with Crippen LogP contribution in [0.25, 0.3) is 5.57 Å². The van der Waals surface area contributed by atoms with Crippen molar-refractivity contribution in [2.24, 2.45) is 46.3 Å². The average molecular weight is 547 g/mol. The Bertz CT molecular complexity index is 1300. The van der Waals surface area contributed by atoms with Gasteiger partial charge in [0.05, 0.1) is 23.3 Å². The molecule has 10 atom stereocenters. The van der Waals surface area contributed by atoms with E-state index in [1.54, 1.807) is 29.3 Å². The molecule has 6 aliphatic rings. The smallest absolute Gasteiger partial charge is 0.228 e. The van der Waals surface area contributed by atoms with Crippen molar-refractivity contribution in [3.63, 3.8) is 0 Å². The molecule has 0 bridgehead atoms. The van der Waals surface area contributed by atoms with E-state index in [0.717, 1.165) is 42.3 Å². The van der Waals surface area contributed by atoms with Crippen molar-refractivity contribution in [2.75, 3.05) is 11.9 Å². The van der Waals surface area contributed by atoms with Gasteiger partial charge >= 0.3 is 0 Å². The topological polar surface area (TPSA) is 69.2 Å². The lowest BCUT2D eigenvalue weighted by Crippen LogP contribution is -2.51. The summed E-state index contributed by atoms with van der Waals surface area (Å²) in [5.74, 6) is 4.32. The van der Waals surface area contributed by atoms with E-state index in [9.17, 15) is 0 Å². The van der Waals surface area contributed by atoms with Gasteiger partial charge in [-0.25, -0.2) is 15.0 Å². The molecule has 1 spiro atoms. The molecule has 2 saturated heterocycles. The van der Waals surface area contributed by atoms with Gasteiger partial charge in [-0.05, 0) is 97.0 Å². The van der Waals surface area contributed by atoms with Crippen LogP contribution in [0.4, 0.5) is 11.1 Å². The second-order valence-electron chi connectivity index (χ2n) is 14.2. The molecule has 208 valence electrons. The number of aromatic nitrogens is 3. The van der Waals surface area contributed by atoms with E-state index >= 15 is 0 Å². The Hall–Kier alpha value is -1.83. The fourth-order valence-electron chi connectivity index (χ4n) is 10.4. The van der Waals surface area contributed by atoms with Gasteiger partial charge in [-0.15, -0.1) is 0 Å². The van der Waals surface area contributed by atoms with Crippen molar-refractivity contribution in [1.29, 1.82) is 0 Å². The van der Waals surface area contributed by atoms with Gasteiger partial charge in [0, 0.05) is 24.7 Å². The highest BCUT2D eigenvalue weighted by Gasteiger charge is 2.68. The minimum Gasteiger partial charge on any atom is -0.349 e. The maximum atomic E-state index is 6.98. The summed E-state index contributed by atoms with van der Waals surface area (Å²) in [6.45, 7) is 10.8. The van der Waals surface area contributed by atoms with Crippen LogP contribution in [0.3, 0.4) is 0 Å². The highest BCUT2D eigenvalue weighted by atomic mass is 32.1. The van der Waals surface area contributed by atoms with Crippen LogP contribution in [0.1, 0.15) is 83.2 Å². The number of thiazole rings is 1. The van der Waals surface area contributed by atoms with Crippen LogP contribution < -0.4 is 5.32 Å². The number of nitrogens with zero attached hydrogens (tertiary/aromatic N) is 3. The minimum atomic E-state index is -0.319. The molecule has 1 N–H and O–H groups in total. The number of aryl methyl sites for hydroxylation is 1. The Kier molecular flexibility index (Phi) is 5.49. The Balaban J connectivity index is 1.07. The second-order valence-corrected chi connectivity index (χ2v) is 15.2. The lowest BCUT2D eigenvalue weighted by molar-refractivity contribution is -0.272. The molecule has 2 aromatic rings. The Morgan fingerprint density at radius 2 is 1.90 bits per heavy atom. The summed E-state index contributed by atoms with van der Waals surface area (Å²) in [5, 5.41) is 4.26. The maximum absolute atomic E-state index is 6.98.